The van der Waals surface area contributed by atoms with Crippen LogP contribution in [0.1, 0.15) is 29.7 Å². The lowest BCUT2D eigenvalue weighted by Gasteiger charge is -2.37. The SMILES string of the molecule is COc1cc2c(cc1OC)[C@@H](Cc1ccc([N+](=O)[O-])cc1)N(C(C)=O)CC2. The van der Waals surface area contributed by atoms with Crippen LogP contribution in [0.25, 0.3) is 0 Å². The molecular weight excluding hydrogens is 348 g/mol. The summed E-state index contributed by atoms with van der Waals surface area (Å²) in [7, 11) is 3.18. The molecular formula is C20H22N2O5. The zero-order valence-electron chi connectivity index (χ0n) is 15.6. The zero-order valence-corrected chi connectivity index (χ0v) is 15.6. The summed E-state index contributed by atoms with van der Waals surface area (Å²) in [5, 5.41) is 10.9. The van der Waals surface area contributed by atoms with E-state index in [9.17, 15) is 14.9 Å². The lowest BCUT2D eigenvalue weighted by atomic mass is 9.88. The fourth-order valence-electron chi connectivity index (χ4n) is 3.60. The Balaban J connectivity index is 2.00. The summed E-state index contributed by atoms with van der Waals surface area (Å²) in [6, 6.07) is 10.2. The average Bonchev–Trinajstić information content (AvgIpc) is 2.67. The van der Waals surface area contributed by atoms with Crippen molar-refractivity contribution in [2.45, 2.75) is 25.8 Å². The number of methoxy groups -OCH3 is 2. The third kappa shape index (κ3) is 3.72. The number of ether oxygens (including phenoxy) is 2. The molecule has 0 fully saturated rings. The Hall–Kier alpha value is -3.09. The Morgan fingerprint density at radius 2 is 1.81 bits per heavy atom. The van der Waals surface area contributed by atoms with Crippen molar-refractivity contribution in [3.05, 3.63) is 63.2 Å². The van der Waals surface area contributed by atoms with E-state index in [1.807, 2.05) is 17.0 Å². The summed E-state index contributed by atoms with van der Waals surface area (Å²) in [6.07, 6.45) is 1.31. The first-order valence-corrected chi connectivity index (χ1v) is 8.70. The molecule has 0 saturated heterocycles. The van der Waals surface area contributed by atoms with Crippen molar-refractivity contribution in [2.24, 2.45) is 0 Å². The Kier molecular flexibility index (Phi) is 5.30. The lowest BCUT2D eigenvalue weighted by molar-refractivity contribution is -0.384. The smallest absolute Gasteiger partial charge is 0.269 e. The van der Waals surface area contributed by atoms with Crippen LogP contribution in [0.2, 0.25) is 0 Å². The van der Waals surface area contributed by atoms with Gasteiger partial charge in [-0.05, 0) is 41.7 Å². The van der Waals surface area contributed by atoms with Crippen molar-refractivity contribution in [3.63, 3.8) is 0 Å². The molecule has 2 aromatic rings. The van der Waals surface area contributed by atoms with Crippen LogP contribution < -0.4 is 9.47 Å². The summed E-state index contributed by atoms with van der Waals surface area (Å²) < 4.78 is 10.8. The minimum atomic E-state index is -0.418. The number of carbonyl (C=O) groups is 1. The molecule has 1 atom stereocenters. The number of carbonyl (C=O) groups excluding carboxylic acids is 1. The zero-order chi connectivity index (χ0) is 19.6. The van der Waals surface area contributed by atoms with E-state index < -0.39 is 4.92 Å². The largest absolute Gasteiger partial charge is 0.493 e. The minimum Gasteiger partial charge on any atom is -0.493 e. The van der Waals surface area contributed by atoms with Gasteiger partial charge in [-0.2, -0.15) is 0 Å². The van der Waals surface area contributed by atoms with Crippen LogP contribution in [0.4, 0.5) is 5.69 Å². The second kappa shape index (κ2) is 7.65. The molecule has 0 aliphatic carbocycles. The number of nitro groups is 1. The standard InChI is InChI=1S/C20H22N2O5/c1-13(23)21-9-8-15-11-19(26-2)20(27-3)12-17(15)18(21)10-14-4-6-16(7-5-14)22(24)25/h4-7,11-12,18H,8-10H2,1-3H3/t18-/m1/s1. The van der Waals surface area contributed by atoms with Crippen molar-refractivity contribution in [1.29, 1.82) is 0 Å². The van der Waals surface area contributed by atoms with Crippen molar-refractivity contribution in [2.75, 3.05) is 20.8 Å². The van der Waals surface area contributed by atoms with Crippen molar-refractivity contribution < 1.29 is 19.2 Å². The lowest BCUT2D eigenvalue weighted by Crippen LogP contribution is -2.39. The van der Waals surface area contributed by atoms with Crippen molar-refractivity contribution in [3.8, 4) is 11.5 Å². The van der Waals surface area contributed by atoms with Gasteiger partial charge in [0.15, 0.2) is 11.5 Å². The first-order valence-electron chi connectivity index (χ1n) is 8.70. The van der Waals surface area contributed by atoms with Crippen LogP contribution in [-0.2, 0) is 17.6 Å². The fraction of sp³-hybridized carbons (Fsp3) is 0.350. The topological polar surface area (TPSA) is 81.9 Å². The van der Waals surface area contributed by atoms with Gasteiger partial charge in [0.05, 0.1) is 25.2 Å². The maximum atomic E-state index is 12.2. The summed E-state index contributed by atoms with van der Waals surface area (Å²) in [4.78, 5) is 24.5. The molecule has 142 valence electrons. The van der Waals surface area contributed by atoms with Gasteiger partial charge in [-0.3, -0.25) is 14.9 Å². The number of hydrogen-bond acceptors (Lipinski definition) is 5. The molecule has 0 radical (unpaired) electrons. The molecule has 3 rings (SSSR count). The number of hydrogen-bond donors (Lipinski definition) is 0. The van der Waals surface area contributed by atoms with Crippen LogP contribution in [0.3, 0.4) is 0 Å². The van der Waals surface area contributed by atoms with Gasteiger partial charge in [0.2, 0.25) is 5.91 Å². The van der Waals surface area contributed by atoms with Crippen molar-refractivity contribution in [1.82, 2.24) is 4.90 Å². The molecule has 0 N–H and O–H groups in total. The molecule has 0 bridgehead atoms. The normalized spacial score (nSPS) is 15.8. The van der Waals surface area contributed by atoms with E-state index in [1.54, 1.807) is 33.3 Å². The average molecular weight is 370 g/mol. The minimum absolute atomic E-state index is 0.00217. The van der Waals surface area contributed by atoms with Crippen LogP contribution in [0, 0.1) is 10.1 Å². The van der Waals surface area contributed by atoms with E-state index in [4.69, 9.17) is 9.47 Å². The molecule has 7 heteroatoms. The second-order valence-corrected chi connectivity index (χ2v) is 6.51. The monoisotopic (exact) mass is 370 g/mol. The third-order valence-electron chi connectivity index (χ3n) is 4.98. The van der Waals surface area contributed by atoms with E-state index in [0.717, 1.165) is 23.1 Å². The second-order valence-electron chi connectivity index (χ2n) is 6.51. The van der Waals surface area contributed by atoms with Crippen LogP contribution in [-0.4, -0.2) is 36.5 Å². The molecule has 1 heterocycles. The third-order valence-corrected chi connectivity index (χ3v) is 4.98. The number of fused-ring (bicyclic) bond motifs is 1. The number of nitro benzene ring substituents is 1. The maximum absolute atomic E-state index is 12.2. The van der Waals surface area contributed by atoms with Crippen LogP contribution in [0.5, 0.6) is 11.5 Å². The number of rotatable bonds is 5. The molecule has 0 saturated carbocycles. The van der Waals surface area contributed by atoms with Gasteiger partial charge in [0, 0.05) is 25.6 Å². The van der Waals surface area contributed by atoms with Gasteiger partial charge in [-0.25, -0.2) is 0 Å². The van der Waals surface area contributed by atoms with Gasteiger partial charge < -0.3 is 14.4 Å². The molecule has 27 heavy (non-hydrogen) atoms. The quantitative estimate of drug-likeness (QED) is 0.596. The molecule has 1 aliphatic heterocycles. The van der Waals surface area contributed by atoms with E-state index in [1.165, 1.54) is 12.1 Å². The fourth-order valence-corrected chi connectivity index (χ4v) is 3.60. The van der Waals surface area contributed by atoms with Gasteiger partial charge >= 0.3 is 0 Å². The van der Waals surface area contributed by atoms with Crippen LogP contribution in [0.15, 0.2) is 36.4 Å². The Bertz CT molecular complexity index is 863. The summed E-state index contributed by atoms with van der Waals surface area (Å²) >= 11 is 0. The van der Waals surface area contributed by atoms with Gasteiger partial charge in [0.1, 0.15) is 0 Å². The van der Waals surface area contributed by atoms with E-state index >= 15 is 0 Å². The predicted octanol–water partition coefficient (Wildman–Crippen LogP) is 3.30. The number of nitrogens with zero attached hydrogens (tertiary/aromatic N) is 2. The number of benzene rings is 2. The molecule has 0 unspecified atom stereocenters. The molecule has 0 spiro atoms. The molecule has 1 amide bonds. The number of amides is 1. The highest BCUT2D eigenvalue weighted by Gasteiger charge is 2.30. The summed E-state index contributed by atoms with van der Waals surface area (Å²) in [5.41, 5.74) is 3.13. The first kappa shape index (κ1) is 18.7. The van der Waals surface area contributed by atoms with Gasteiger partial charge in [-0.15, -0.1) is 0 Å². The Morgan fingerprint density at radius 3 is 2.37 bits per heavy atom. The van der Waals surface area contributed by atoms with Crippen LogP contribution >= 0.6 is 0 Å². The van der Waals surface area contributed by atoms with Crippen molar-refractivity contribution >= 4 is 11.6 Å². The van der Waals surface area contributed by atoms with E-state index in [0.29, 0.717) is 24.5 Å². The first-order chi connectivity index (χ1) is 12.9. The molecule has 0 aromatic heterocycles. The Labute approximate surface area is 157 Å². The predicted molar refractivity (Wildman–Crippen MR) is 100 cm³/mol. The maximum Gasteiger partial charge on any atom is 0.269 e. The summed E-state index contributed by atoms with van der Waals surface area (Å²) in [6.45, 7) is 2.18. The van der Waals surface area contributed by atoms with E-state index in [2.05, 4.69) is 0 Å². The summed E-state index contributed by atoms with van der Waals surface area (Å²) in [5.74, 6) is 1.29. The van der Waals surface area contributed by atoms with Gasteiger partial charge in [-0.1, -0.05) is 12.1 Å². The number of non-ortho nitro benzene ring substituents is 1. The highest BCUT2D eigenvalue weighted by Crippen LogP contribution is 2.39. The van der Waals surface area contributed by atoms with E-state index in [-0.39, 0.29) is 17.6 Å². The highest BCUT2D eigenvalue weighted by atomic mass is 16.6. The molecule has 2 aromatic carbocycles. The van der Waals surface area contributed by atoms with Gasteiger partial charge in [0.25, 0.3) is 5.69 Å². The molecule has 7 nitrogen and oxygen atoms in total. The molecule has 1 aliphatic rings. The highest BCUT2D eigenvalue weighted by molar-refractivity contribution is 5.74. The Morgan fingerprint density at radius 1 is 1.19 bits per heavy atom.